The third-order valence-electron chi connectivity index (χ3n) is 2.80. The van der Waals surface area contributed by atoms with Crippen molar-refractivity contribution in [1.29, 1.82) is 0 Å². The van der Waals surface area contributed by atoms with E-state index in [1.165, 1.54) is 32.1 Å². The minimum absolute atomic E-state index is 0.323. The van der Waals surface area contributed by atoms with Gasteiger partial charge in [0.1, 0.15) is 0 Å². The maximum atomic E-state index is 5.67. The van der Waals surface area contributed by atoms with E-state index >= 15 is 0 Å². The van der Waals surface area contributed by atoms with E-state index in [4.69, 9.17) is 11.5 Å². The first-order valence-electron chi connectivity index (χ1n) is 7.14. The highest BCUT2D eigenvalue weighted by Gasteiger charge is 1.94. The molecule has 0 aromatic heterocycles. The number of nitrogens with two attached hydrogens (primary N) is 2. The molecule has 104 valence electrons. The molecule has 0 heterocycles. The highest BCUT2D eigenvalue weighted by Crippen LogP contribution is 2.01. The minimum Gasteiger partial charge on any atom is -0.329 e. The minimum atomic E-state index is 0.323. The summed E-state index contributed by atoms with van der Waals surface area (Å²) in [5.74, 6) is 0. The second-order valence-corrected chi connectivity index (χ2v) is 4.82. The lowest BCUT2D eigenvalue weighted by molar-refractivity contribution is 0.540. The Bertz CT molecular complexity index is 139. The molecule has 0 bridgehead atoms. The zero-order chi connectivity index (χ0) is 12.8. The summed E-state index contributed by atoms with van der Waals surface area (Å²) in [6.07, 6.45) is 7.65. The Morgan fingerprint density at radius 2 is 1.35 bits per heavy atom. The maximum Gasteiger partial charge on any atom is 0.00745 e. The second kappa shape index (κ2) is 13.9. The van der Waals surface area contributed by atoms with Gasteiger partial charge in [0.15, 0.2) is 0 Å². The molecule has 4 nitrogen and oxygen atoms in total. The number of rotatable bonds is 13. The molecule has 0 saturated heterocycles. The Hall–Kier alpha value is -0.160. The van der Waals surface area contributed by atoms with E-state index in [1.54, 1.807) is 0 Å². The summed E-state index contributed by atoms with van der Waals surface area (Å²) in [6.45, 7) is 7.06. The van der Waals surface area contributed by atoms with Crippen LogP contribution < -0.4 is 22.1 Å². The molecule has 0 aliphatic rings. The molecule has 0 aromatic carbocycles. The number of hydrogen-bond acceptors (Lipinski definition) is 4. The largest absolute Gasteiger partial charge is 0.329 e. The molecule has 6 N–H and O–H groups in total. The fourth-order valence-electron chi connectivity index (χ4n) is 1.71. The van der Waals surface area contributed by atoms with Gasteiger partial charge in [-0.25, -0.2) is 0 Å². The average molecular weight is 244 g/mol. The van der Waals surface area contributed by atoms with Gasteiger partial charge in [-0.15, -0.1) is 0 Å². The summed E-state index contributed by atoms with van der Waals surface area (Å²) < 4.78 is 0. The van der Waals surface area contributed by atoms with E-state index in [2.05, 4.69) is 17.6 Å². The standard InChI is InChI=1S/C13H32N4/c1-13(15)7-11-16-9-5-3-2-4-6-10-17-12-8-14/h13,16-17H,2-12,14-15H2,1H3. The molecule has 0 amide bonds. The van der Waals surface area contributed by atoms with Crippen molar-refractivity contribution >= 4 is 0 Å². The van der Waals surface area contributed by atoms with E-state index in [0.717, 1.165) is 39.1 Å². The third kappa shape index (κ3) is 15.8. The van der Waals surface area contributed by atoms with Gasteiger partial charge in [-0.2, -0.15) is 0 Å². The molecule has 0 aliphatic heterocycles. The van der Waals surface area contributed by atoms with Crippen molar-refractivity contribution in [2.24, 2.45) is 11.5 Å². The summed E-state index contributed by atoms with van der Waals surface area (Å²) in [5, 5.41) is 6.74. The molecule has 0 spiro atoms. The molecule has 17 heavy (non-hydrogen) atoms. The Morgan fingerprint density at radius 1 is 0.824 bits per heavy atom. The van der Waals surface area contributed by atoms with E-state index in [1.807, 2.05) is 0 Å². The van der Waals surface area contributed by atoms with Crippen LogP contribution in [0.5, 0.6) is 0 Å². The Balaban J connectivity index is 2.89. The molecular formula is C13H32N4. The van der Waals surface area contributed by atoms with Crippen molar-refractivity contribution in [1.82, 2.24) is 10.6 Å². The van der Waals surface area contributed by atoms with Crippen molar-refractivity contribution in [3.63, 3.8) is 0 Å². The molecule has 0 fully saturated rings. The predicted octanol–water partition coefficient (Wildman–Crippen LogP) is 0.812. The lowest BCUT2D eigenvalue weighted by Gasteiger charge is -2.07. The van der Waals surface area contributed by atoms with E-state index in [9.17, 15) is 0 Å². The summed E-state index contributed by atoms with van der Waals surface area (Å²) in [7, 11) is 0. The monoisotopic (exact) mass is 244 g/mol. The Morgan fingerprint density at radius 3 is 1.88 bits per heavy atom. The zero-order valence-corrected chi connectivity index (χ0v) is 11.5. The zero-order valence-electron chi connectivity index (χ0n) is 11.5. The van der Waals surface area contributed by atoms with E-state index < -0.39 is 0 Å². The van der Waals surface area contributed by atoms with Crippen LogP contribution in [0.3, 0.4) is 0 Å². The molecule has 1 unspecified atom stereocenters. The smallest absolute Gasteiger partial charge is 0.00745 e. The second-order valence-electron chi connectivity index (χ2n) is 4.82. The quantitative estimate of drug-likeness (QED) is 0.362. The number of nitrogens with one attached hydrogen (secondary N) is 2. The van der Waals surface area contributed by atoms with Gasteiger partial charge >= 0.3 is 0 Å². The van der Waals surface area contributed by atoms with Gasteiger partial charge in [0.2, 0.25) is 0 Å². The first-order chi connectivity index (χ1) is 8.27. The van der Waals surface area contributed by atoms with Crippen LogP contribution in [0, 0.1) is 0 Å². The van der Waals surface area contributed by atoms with Crippen molar-refractivity contribution in [3.8, 4) is 0 Å². The highest BCUT2D eigenvalue weighted by molar-refractivity contribution is 4.56. The van der Waals surface area contributed by atoms with Gasteiger partial charge < -0.3 is 22.1 Å². The van der Waals surface area contributed by atoms with Crippen LogP contribution in [-0.2, 0) is 0 Å². The third-order valence-corrected chi connectivity index (χ3v) is 2.80. The fourth-order valence-corrected chi connectivity index (χ4v) is 1.71. The molecular weight excluding hydrogens is 212 g/mol. The Kier molecular flexibility index (Phi) is 13.8. The first kappa shape index (κ1) is 16.8. The topological polar surface area (TPSA) is 76.1 Å². The van der Waals surface area contributed by atoms with Crippen LogP contribution in [0.25, 0.3) is 0 Å². The summed E-state index contributed by atoms with van der Waals surface area (Å²) in [4.78, 5) is 0. The van der Waals surface area contributed by atoms with Gasteiger partial charge in [0.05, 0.1) is 0 Å². The van der Waals surface area contributed by atoms with Crippen molar-refractivity contribution in [2.45, 2.75) is 51.5 Å². The van der Waals surface area contributed by atoms with Gasteiger partial charge in [-0.1, -0.05) is 19.3 Å². The van der Waals surface area contributed by atoms with E-state index in [-0.39, 0.29) is 0 Å². The molecule has 0 saturated carbocycles. The van der Waals surface area contributed by atoms with Gasteiger partial charge in [-0.05, 0) is 45.8 Å². The van der Waals surface area contributed by atoms with Gasteiger partial charge in [0.25, 0.3) is 0 Å². The lowest BCUT2D eigenvalue weighted by atomic mass is 10.1. The van der Waals surface area contributed by atoms with Crippen LogP contribution in [0.4, 0.5) is 0 Å². The van der Waals surface area contributed by atoms with Crippen molar-refractivity contribution in [2.75, 3.05) is 32.7 Å². The normalized spacial score (nSPS) is 12.9. The predicted molar refractivity (Wildman–Crippen MR) is 76.1 cm³/mol. The van der Waals surface area contributed by atoms with Crippen LogP contribution >= 0.6 is 0 Å². The molecule has 0 aliphatic carbocycles. The maximum absolute atomic E-state index is 5.67. The van der Waals surface area contributed by atoms with Crippen molar-refractivity contribution < 1.29 is 0 Å². The van der Waals surface area contributed by atoms with Crippen LogP contribution in [0.15, 0.2) is 0 Å². The highest BCUT2D eigenvalue weighted by atomic mass is 14.9. The summed E-state index contributed by atoms with van der Waals surface area (Å²) in [6, 6.07) is 0.323. The Labute approximate surface area is 107 Å². The first-order valence-corrected chi connectivity index (χ1v) is 7.14. The van der Waals surface area contributed by atoms with Gasteiger partial charge in [-0.3, -0.25) is 0 Å². The van der Waals surface area contributed by atoms with Crippen LogP contribution in [0.1, 0.15) is 45.4 Å². The van der Waals surface area contributed by atoms with Crippen LogP contribution in [0.2, 0.25) is 0 Å². The van der Waals surface area contributed by atoms with E-state index in [0.29, 0.717) is 6.04 Å². The average Bonchev–Trinajstić information content (AvgIpc) is 2.30. The summed E-state index contributed by atoms with van der Waals surface area (Å²) in [5.41, 5.74) is 11.1. The number of hydrogen-bond donors (Lipinski definition) is 4. The SMILES string of the molecule is CC(N)CCNCCCCCCCNCCN. The molecule has 0 radical (unpaired) electrons. The number of unbranched alkanes of at least 4 members (excludes halogenated alkanes) is 4. The fraction of sp³-hybridized carbons (Fsp3) is 1.00. The van der Waals surface area contributed by atoms with Crippen molar-refractivity contribution in [3.05, 3.63) is 0 Å². The van der Waals surface area contributed by atoms with Gasteiger partial charge in [0, 0.05) is 19.1 Å². The molecule has 0 rings (SSSR count). The van der Waals surface area contributed by atoms with Crippen LogP contribution in [-0.4, -0.2) is 38.8 Å². The summed E-state index contributed by atoms with van der Waals surface area (Å²) >= 11 is 0. The molecule has 4 heteroatoms. The molecule has 0 aromatic rings. The lowest BCUT2D eigenvalue weighted by Crippen LogP contribution is -2.24. The molecule has 1 atom stereocenters.